The molecule has 0 atom stereocenters. The Bertz CT molecular complexity index is 451. The number of amides is 1. The van der Waals surface area contributed by atoms with Gasteiger partial charge in [0.1, 0.15) is 0 Å². The van der Waals surface area contributed by atoms with E-state index in [0.29, 0.717) is 13.0 Å². The van der Waals surface area contributed by atoms with E-state index < -0.39 is 5.82 Å². The van der Waals surface area contributed by atoms with E-state index in [1.165, 1.54) is 19.2 Å². The first kappa shape index (κ1) is 12.5. The van der Waals surface area contributed by atoms with Crippen LogP contribution in [0.1, 0.15) is 18.9 Å². The number of aromatic nitrogens is 1. The van der Waals surface area contributed by atoms with Crippen molar-refractivity contribution in [1.29, 1.82) is 0 Å². The Hall–Kier alpha value is -1.60. The zero-order chi connectivity index (χ0) is 12.0. The molecule has 1 aromatic rings. The van der Waals surface area contributed by atoms with Gasteiger partial charge in [0.2, 0.25) is 5.91 Å². The second-order valence-electron chi connectivity index (χ2n) is 3.00. The van der Waals surface area contributed by atoms with Crippen molar-refractivity contribution in [3.8, 4) is 11.8 Å². The smallest absolute Gasteiger partial charge is 0.216 e. The number of nitrogens with one attached hydrogen (secondary N) is 1. The van der Waals surface area contributed by atoms with Gasteiger partial charge in [0.05, 0.1) is 5.56 Å². The Morgan fingerprint density at radius 1 is 1.69 bits per heavy atom. The van der Waals surface area contributed by atoms with E-state index >= 15 is 0 Å². The summed E-state index contributed by atoms with van der Waals surface area (Å²) < 4.78 is 13.3. The van der Waals surface area contributed by atoms with E-state index in [9.17, 15) is 9.18 Å². The molecular formula is C11H10ClFN2O. The first-order valence-electron chi connectivity index (χ1n) is 4.64. The number of hydrogen-bond donors (Lipinski definition) is 1. The molecule has 0 aromatic carbocycles. The average Bonchev–Trinajstić information content (AvgIpc) is 2.23. The second-order valence-corrected chi connectivity index (χ2v) is 3.36. The first-order chi connectivity index (χ1) is 7.61. The maximum Gasteiger partial charge on any atom is 0.216 e. The van der Waals surface area contributed by atoms with Gasteiger partial charge >= 0.3 is 0 Å². The fourth-order valence-corrected chi connectivity index (χ4v) is 1.13. The van der Waals surface area contributed by atoms with Crippen molar-refractivity contribution in [2.45, 2.75) is 13.3 Å². The predicted octanol–water partition coefficient (Wildman–Crippen LogP) is 1.75. The van der Waals surface area contributed by atoms with E-state index in [2.05, 4.69) is 22.1 Å². The second kappa shape index (κ2) is 6.09. The first-order valence-corrected chi connectivity index (χ1v) is 5.02. The average molecular weight is 241 g/mol. The fourth-order valence-electron chi connectivity index (χ4n) is 0.974. The van der Waals surface area contributed by atoms with Crippen LogP contribution in [-0.4, -0.2) is 17.4 Å². The number of hydrogen-bond acceptors (Lipinski definition) is 2. The molecule has 1 aromatic heterocycles. The van der Waals surface area contributed by atoms with Gasteiger partial charge in [0.25, 0.3) is 0 Å². The molecule has 0 unspecified atom stereocenters. The summed E-state index contributed by atoms with van der Waals surface area (Å²) >= 11 is 5.48. The summed E-state index contributed by atoms with van der Waals surface area (Å²) in [5.74, 6) is 4.63. The fraction of sp³-hybridized carbons (Fsp3) is 0.273. The third-order valence-electron chi connectivity index (χ3n) is 1.69. The molecular weight excluding hydrogens is 231 g/mol. The third kappa shape index (κ3) is 3.87. The topological polar surface area (TPSA) is 42.0 Å². The minimum Gasteiger partial charge on any atom is -0.355 e. The van der Waals surface area contributed by atoms with Gasteiger partial charge in [-0.15, -0.1) is 0 Å². The Balaban J connectivity index is 2.56. The van der Waals surface area contributed by atoms with Crippen molar-refractivity contribution in [3.05, 3.63) is 28.8 Å². The molecule has 5 heteroatoms. The molecule has 0 aliphatic heterocycles. The Labute approximate surface area is 98.0 Å². The van der Waals surface area contributed by atoms with Crippen molar-refractivity contribution >= 4 is 17.5 Å². The molecule has 1 N–H and O–H groups in total. The molecule has 1 rings (SSSR count). The minimum atomic E-state index is -0.615. The van der Waals surface area contributed by atoms with Gasteiger partial charge in [-0.1, -0.05) is 23.4 Å². The highest BCUT2D eigenvalue weighted by atomic mass is 35.5. The standard InChI is InChI=1S/C11H10ClFN2O/c1-8(16)14-6-3-2-4-9-5-7-15-11(12)10(9)13/h5,7H,3,6H2,1H3,(H,14,16). The zero-order valence-corrected chi connectivity index (χ0v) is 9.44. The highest BCUT2D eigenvalue weighted by molar-refractivity contribution is 6.29. The summed E-state index contributed by atoms with van der Waals surface area (Å²) in [5, 5.41) is 2.40. The largest absolute Gasteiger partial charge is 0.355 e. The van der Waals surface area contributed by atoms with Gasteiger partial charge in [-0.2, -0.15) is 0 Å². The van der Waals surface area contributed by atoms with Crippen molar-refractivity contribution in [2.75, 3.05) is 6.54 Å². The molecule has 0 fully saturated rings. The Kier molecular flexibility index (Phi) is 4.74. The Morgan fingerprint density at radius 2 is 2.44 bits per heavy atom. The van der Waals surface area contributed by atoms with Crippen LogP contribution in [0.4, 0.5) is 4.39 Å². The van der Waals surface area contributed by atoms with Crippen molar-refractivity contribution < 1.29 is 9.18 Å². The van der Waals surface area contributed by atoms with Gasteiger partial charge in [-0.05, 0) is 6.07 Å². The van der Waals surface area contributed by atoms with E-state index in [1.54, 1.807) is 0 Å². The number of halogens is 2. The maximum absolute atomic E-state index is 13.3. The van der Waals surface area contributed by atoms with Crippen LogP contribution in [0.2, 0.25) is 5.15 Å². The van der Waals surface area contributed by atoms with Crippen LogP contribution >= 0.6 is 11.6 Å². The summed E-state index contributed by atoms with van der Waals surface area (Å²) in [4.78, 5) is 14.1. The molecule has 0 aliphatic carbocycles. The summed E-state index contributed by atoms with van der Waals surface area (Å²) in [6.45, 7) is 1.87. The molecule has 0 aliphatic rings. The highest BCUT2D eigenvalue weighted by Gasteiger charge is 2.03. The number of pyridine rings is 1. The molecule has 1 amide bonds. The normalized spacial score (nSPS) is 9.19. The minimum absolute atomic E-state index is 0.111. The molecule has 0 spiro atoms. The number of carbonyl (C=O) groups excluding carboxylic acids is 1. The van der Waals surface area contributed by atoms with Crippen molar-refractivity contribution in [1.82, 2.24) is 10.3 Å². The van der Waals surface area contributed by atoms with E-state index in [4.69, 9.17) is 11.6 Å². The molecule has 84 valence electrons. The summed E-state index contributed by atoms with van der Waals surface area (Å²) in [6, 6.07) is 1.45. The highest BCUT2D eigenvalue weighted by Crippen LogP contribution is 2.13. The van der Waals surface area contributed by atoms with Crippen LogP contribution < -0.4 is 5.32 Å². The van der Waals surface area contributed by atoms with Crippen LogP contribution in [0.15, 0.2) is 12.3 Å². The summed E-state index contributed by atoms with van der Waals surface area (Å²) in [5.41, 5.74) is 0.211. The van der Waals surface area contributed by atoms with E-state index in [1.807, 2.05) is 0 Å². The monoisotopic (exact) mass is 240 g/mol. The summed E-state index contributed by atoms with van der Waals surface area (Å²) in [7, 11) is 0. The lowest BCUT2D eigenvalue weighted by molar-refractivity contribution is -0.118. The quantitative estimate of drug-likeness (QED) is 0.486. The van der Waals surface area contributed by atoms with Crippen LogP contribution in [-0.2, 0) is 4.79 Å². The Morgan fingerprint density at radius 3 is 3.12 bits per heavy atom. The van der Waals surface area contributed by atoms with Gasteiger partial charge in [-0.3, -0.25) is 4.79 Å². The number of rotatable bonds is 2. The number of carbonyl (C=O) groups is 1. The predicted molar refractivity (Wildman–Crippen MR) is 59.4 cm³/mol. The lowest BCUT2D eigenvalue weighted by atomic mass is 10.2. The molecule has 0 bridgehead atoms. The molecule has 16 heavy (non-hydrogen) atoms. The van der Waals surface area contributed by atoms with Gasteiger partial charge in [-0.25, -0.2) is 9.37 Å². The van der Waals surface area contributed by atoms with Crippen LogP contribution in [0.3, 0.4) is 0 Å². The van der Waals surface area contributed by atoms with Crippen LogP contribution in [0.5, 0.6) is 0 Å². The summed E-state index contributed by atoms with van der Waals surface area (Å²) in [6.07, 6.45) is 1.85. The lowest BCUT2D eigenvalue weighted by Crippen LogP contribution is -2.20. The SMILES string of the molecule is CC(=O)NCCC#Cc1ccnc(Cl)c1F. The molecule has 0 saturated heterocycles. The molecule has 0 radical (unpaired) electrons. The van der Waals surface area contributed by atoms with Gasteiger partial charge in [0.15, 0.2) is 11.0 Å². The maximum atomic E-state index is 13.3. The van der Waals surface area contributed by atoms with E-state index in [-0.39, 0.29) is 16.6 Å². The van der Waals surface area contributed by atoms with E-state index in [0.717, 1.165) is 0 Å². The van der Waals surface area contributed by atoms with Crippen LogP contribution in [0.25, 0.3) is 0 Å². The van der Waals surface area contributed by atoms with Gasteiger partial charge < -0.3 is 5.32 Å². The molecule has 1 heterocycles. The third-order valence-corrected chi connectivity index (χ3v) is 1.96. The molecule has 3 nitrogen and oxygen atoms in total. The molecule has 0 saturated carbocycles. The lowest BCUT2D eigenvalue weighted by Gasteiger charge is -1.96. The number of nitrogens with zero attached hydrogens (tertiary/aromatic N) is 1. The van der Waals surface area contributed by atoms with Crippen molar-refractivity contribution in [3.63, 3.8) is 0 Å². The van der Waals surface area contributed by atoms with Gasteiger partial charge in [0, 0.05) is 26.1 Å². The van der Waals surface area contributed by atoms with Crippen molar-refractivity contribution in [2.24, 2.45) is 0 Å². The van der Waals surface area contributed by atoms with Crippen LogP contribution in [0, 0.1) is 17.7 Å². The zero-order valence-electron chi connectivity index (χ0n) is 8.68.